The molecule has 146 valence electrons. The number of hydrogen-bond acceptors (Lipinski definition) is 5. The maximum absolute atomic E-state index is 13.2. The summed E-state index contributed by atoms with van der Waals surface area (Å²) in [5.41, 5.74) is 2.04. The van der Waals surface area contributed by atoms with Crippen LogP contribution in [0.15, 0.2) is 41.5 Å². The summed E-state index contributed by atoms with van der Waals surface area (Å²) >= 11 is 0. The lowest BCUT2D eigenvalue weighted by molar-refractivity contribution is -0.116. The van der Waals surface area contributed by atoms with Crippen molar-refractivity contribution < 1.29 is 4.79 Å². The van der Waals surface area contributed by atoms with Crippen LogP contribution in [0.2, 0.25) is 0 Å². The Labute approximate surface area is 162 Å². The second-order valence-corrected chi connectivity index (χ2v) is 7.13. The van der Waals surface area contributed by atoms with E-state index in [4.69, 9.17) is 0 Å². The number of hydrogen-bond donors (Lipinski definition) is 1. The Balaban J connectivity index is 1.60. The number of aromatic nitrogens is 4. The molecule has 4 rings (SSSR count). The highest BCUT2D eigenvalue weighted by Crippen LogP contribution is 2.18. The van der Waals surface area contributed by atoms with Crippen molar-refractivity contribution in [2.75, 3.05) is 23.3 Å². The van der Waals surface area contributed by atoms with E-state index in [1.807, 2.05) is 24.3 Å². The molecule has 1 aromatic carbocycles. The number of amides is 1. The first kappa shape index (κ1) is 18.2. The molecule has 1 aliphatic rings. The molecule has 0 radical (unpaired) electrons. The van der Waals surface area contributed by atoms with Gasteiger partial charge in [0.15, 0.2) is 5.82 Å². The molecule has 0 saturated carbocycles. The maximum atomic E-state index is 13.2. The summed E-state index contributed by atoms with van der Waals surface area (Å²) in [6.07, 6.45) is 6.86. The van der Waals surface area contributed by atoms with Gasteiger partial charge in [-0.1, -0.05) is 12.1 Å². The summed E-state index contributed by atoms with van der Waals surface area (Å²) in [5, 5.41) is 6.85. The number of aryl methyl sites for hydroxylation is 2. The van der Waals surface area contributed by atoms with E-state index in [0.717, 1.165) is 37.0 Å². The standard InChI is InChI=1S/C20H24N6O2/c1-24-14-15(13-21-24)22-18(27)9-12-26-17-8-4-3-7-16(17)23-19(20(26)28)25-10-5-2-6-11-25/h3-4,7-8,13-14H,2,5-6,9-12H2,1H3,(H,22,27). The first-order valence-corrected chi connectivity index (χ1v) is 9.65. The number of piperidine rings is 1. The molecule has 3 aromatic rings. The van der Waals surface area contributed by atoms with Crippen LogP contribution in [0.5, 0.6) is 0 Å². The molecule has 8 nitrogen and oxygen atoms in total. The lowest BCUT2D eigenvalue weighted by Crippen LogP contribution is -2.37. The molecule has 0 atom stereocenters. The number of rotatable bonds is 5. The van der Waals surface area contributed by atoms with Gasteiger partial charge < -0.3 is 14.8 Å². The second kappa shape index (κ2) is 7.84. The van der Waals surface area contributed by atoms with Crippen LogP contribution in [0.25, 0.3) is 11.0 Å². The molecule has 2 aromatic heterocycles. The minimum atomic E-state index is -0.152. The zero-order valence-corrected chi connectivity index (χ0v) is 16.0. The zero-order valence-electron chi connectivity index (χ0n) is 16.0. The van der Waals surface area contributed by atoms with Crippen molar-refractivity contribution in [3.63, 3.8) is 0 Å². The largest absolute Gasteiger partial charge is 0.352 e. The van der Waals surface area contributed by atoms with Crippen molar-refractivity contribution in [1.82, 2.24) is 19.3 Å². The molecule has 3 heterocycles. The molecular weight excluding hydrogens is 356 g/mol. The molecular formula is C20H24N6O2. The van der Waals surface area contributed by atoms with Crippen LogP contribution in [0.1, 0.15) is 25.7 Å². The highest BCUT2D eigenvalue weighted by Gasteiger charge is 2.19. The molecule has 0 aliphatic carbocycles. The number of nitrogens with zero attached hydrogens (tertiary/aromatic N) is 5. The van der Waals surface area contributed by atoms with Gasteiger partial charge in [0.1, 0.15) is 0 Å². The van der Waals surface area contributed by atoms with Crippen molar-refractivity contribution in [2.24, 2.45) is 7.05 Å². The van der Waals surface area contributed by atoms with Gasteiger partial charge in [0.25, 0.3) is 5.56 Å². The van der Waals surface area contributed by atoms with Gasteiger partial charge in [-0.3, -0.25) is 14.3 Å². The van der Waals surface area contributed by atoms with Gasteiger partial charge in [-0.15, -0.1) is 0 Å². The van der Waals surface area contributed by atoms with Crippen LogP contribution in [0, 0.1) is 0 Å². The molecule has 0 spiro atoms. The third-order valence-corrected chi connectivity index (χ3v) is 5.04. The van der Waals surface area contributed by atoms with Crippen LogP contribution < -0.4 is 15.8 Å². The van der Waals surface area contributed by atoms with Gasteiger partial charge in [0.2, 0.25) is 5.91 Å². The summed E-state index contributed by atoms with van der Waals surface area (Å²) in [4.78, 5) is 32.2. The third kappa shape index (κ3) is 3.76. The van der Waals surface area contributed by atoms with Crippen molar-refractivity contribution in [3.8, 4) is 0 Å². The van der Waals surface area contributed by atoms with E-state index in [0.29, 0.717) is 18.1 Å². The van der Waals surface area contributed by atoms with Crippen molar-refractivity contribution in [3.05, 3.63) is 47.0 Å². The molecule has 1 N–H and O–H groups in total. The summed E-state index contributed by atoms with van der Waals surface area (Å²) in [6, 6.07) is 7.59. The Morgan fingerprint density at radius 3 is 2.71 bits per heavy atom. The fourth-order valence-electron chi connectivity index (χ4n) is 3.64. The summed E-state index contributed by atoms with van der Waals surface area (Å²) in [6.45, 7) is 2.00. The Morgan fingerprint density at radius 2 is 1.96 bits per heavy atom. The highest BCUT2D eigenvalue weighted by molar-refractivity contribution is 5.90. The Hall–Kier alpha value is -3.16. The minimum Gasteiger partial charge on any atom is -0.352 e. The Morgan fingerprint density at radius 1 is 1.18 bits per heavy atom. The summed E-state index contributed by atoms with van der Waals surface area (Å²) in [5.74, 6) is 0.339. The molecule has 1 saturated heterocycles. The van der Waals surface area contributed by atoms with E-state index in [1.54, 1.807) is 28.7 Å². The van der Waals surface area contributed by atoms with E-state index in [2.05, 4.69) is 20.3 Å². The predicted octanol–water partition coefficient (Wildman–Crippen LogP) is 2.15. The van der Waals surface area contributed by atoms with E-state index in [1.165, 1.54) is 6.42 Å². The Kier molecular flexibility index (Phi) is 5.10. The smallest absolute Gasteiger partial charge is 0.294 e. The lowest BCUT2D eigenvalue weighted by Gasteiger charge is -2.27. The van der Waals surface area contributed by atoms with E-state index in [9.17, 15) is 9.59 Å². The van der Waals surface area contributed by atoms with Crippen LogP contribution in [0.4, 0.5) is 11.5 Å². The first-order chi connectivity index (χ1) is 13.6. The molecule has 1 amide bonds. The summed E-state index contributed by atoms with van der Waals surface area (Å²) < 4.78 is 3.30. The van der Waals surface area contributed by atoms with Gasteiger partial charge in [-0.25, -0.2) is 4.98 Å². The second-order valence-electron chi connectivity index (χ2n) is 7.13. The van der Waals surface area contributed by atoms with Crippen LogP contribution in [-0.4, -0.2) is 38.3 Å². The van der Waals surface area contributed by atoms with E-state index < -0.39 is 0 Å². The van der Waals surface area contributed by atoms with E-state index >= 15 is 0 Å². The average molecular weight is 380 g/mol. The van der Waals surface area contributed by atoms with E-state index in [-0.39, 0.29) is 17.9 Å². The molecule has 1 aliphatic heterocycles. The van der Waals surface area contributed by atoms with Crippen molar-refractivity contribution in [1.29, 1.82) is 0 Å². The monoisotopic (exact) mass is 380 g/mol. The first-order valence-electron chi connectivity index (χ1n) is 9.65. The van der Waals surface area contributed by atoms with Crippen LogP contribution >= 0.6 is 0 Å². The lowest BCUT2D eigenvalue weighted by atomic mass is 10.1. The molecule has 28 heavy (non-hydrogen) atoms. The predicted molar refractivity (Wildman–Crippen MR) is 109 cm³/mol. The number of carbonyl (C=O) groups is 1. The number of anilines is 2. The van der Waals surface area contributed by atoms with Gasteiger partial charge in [-0.05, 0) is 31.4 Å². The van der Waals surface area contributed by atoms with Gasteiger partial charge >= 0.3 is 0 Å². The van der Waals surface area contributed by atoms with Crippen LogP contribution in [-0.2, 0) is 18.4 Å². The Bertz CT molecular complexity index is 1050. The van der Waals surface area contributed by atoms with Crippen molar-refractivity contribution >= 4 is 28.4 Å². The number of para-hydroxylation sites is 2. The molecule has 0 unspecified atom stereocenters. The number of fused-ring (bicyclic) bond motifs is 1. The van der Waals surface area contributed by atoms with Gasteiger partial charge in [-0.2, -0.15) is 5.10 Å². The topological polar surface area (TPSA) is 85.0 Å². The van der Waals surface area contributed by atoms with Gasteiger partial charge in [0, 0.05) is 39.3 Å². The van der Waals surface area contributed by atoms with Crippen LogP contribution in [0.3, 0.4) is 0 Å². The SMILES string of the molecule is Cn1cc(NC(=O)CCn2c(=O)c(N3CCCCC3)nc3ccccc32)cn1. The zero-order chi connectivity index (χ0) is 19.5. The number of carbonyl (C=O) groups excluding carboxylic acids is 1. The number of benzene rings is 1. The fourth-order valence-corrected chi connectivity index (χ4v) is 3.64. The normalized spacial score (nSPS) is 14.4. The minimum absolute atomic E-state index is 0.130. The average Bonchev–Trinajstić information content (AvgIpc) is 3.12. The molecule has 0 bridgehead atoms. The number of nitrogens with one attached hydrogen (secondary N) is 1. The highest BCUT2D eigenvalue weighted by atomic mass is 16.2. The fraction of sp³-hybridized carbons (Fsp3) is 0.400. The molecule has 1 fully saturated rings. The maximum Gasteiger partial charge on any atom is 0.294 e. The third-order valence-electron chi connectivity index (χ3n) is 5.04. The van der Waals surface area contributed by atoms with Gasteiger partial charge in [0.05, 0.1) is 22.9 Å². The quantitative estimate of drug-likeness (QED) is 0.733. The summed E-state index contributed by atoms with van der Waals surface area (Å²) in [7, 11) is 1.79. The molecule has 8 heteroatoms. The van der Waals surface area contributed by atoms with Crippen molar-refractivity contribution in [2.45, 2.75) is 32.2 Å².